The van der Waals surface area contributed by atoms with Gasteiger partial charge in [0.25, 0.3) is 5.91 Å². The molecule has 0 spiro atoms. The lowest BCUT2D eigenvalue weighted by Gasteiger charge is -2.26. The lowest BCUT2D eigenvalue weighted by Crippen LogP contribution is -2.34. The van der Waals surface area contributed by atoms with Crippen LogP contribution >= 0.6 is 23.1 Å². The van der Waals surface area contributed by atoms with Crippen molar-refractivity contribution in [3.05, 3.63) is 82.6 Å². The molecule has 4 aromatic rings. The molecule has 7 heteroatoms. The highest BCUT2D eigenvalue weighted by atomic mass is 32.2. The maximum atomic E-state index is 13.4. The Balaban J connectivity index is 1.39. The van der Waals surface area contributed by atoms with Crippen LogP contribution in [0.5, 0.6) is 5.75 Å². The summed E-state index contributed by atoms with van der Waals surface area (Å²) < 4.78 is 7.05. The normalized spacial score (nSPS) is 14.0. The fourth-order valence-electron chi connectivity index (χ4n) is 3.88. The molecule has 5 nitrogen and oxygen atoms in total. The third-order valence-electron chi connectivity index (χ3n) is 5.56. The molecule has 1 N–H and O–H groups in total. The van der Waals surface area contributed by atoms with Crippen LogP contribution in [0.4, 0.5) is 0 Å². The molecule has 0 aliphatic carbocycles. The van der Waals surface area contributed by atoms with E-state index in [0.29, 0.717) is 24.6 Å². The zero-order valence-electron chi connectivity index (χ0n) is 17.6. The summed E-state index contributed by atoms with van der Waals surface area (Å²) in [6.45, 7) is 3.14. The van der Waals surface area contributed by atoms with Gasteiger partial charge in [-0.25, -0.2) is 4.98 Å². The number of fused-ring (bicyclic) bond motifs is 1. The van der Waals surface area contributed by atoms with Crippen molar-refractivity contribution >= 4 is 45.5 Å². The number of amides is 1. The lowest BCUT2D eigenvalue weighted by atomic mass is 9.99. The molecule has 2 aromatic carbocycles. The molecule has 2 aromatic heterocycles. The second-order valence-electron chi connectivity index (χ2n) is 7.73. The SMILES string of the molecule is Cc1csc(SCc2c(C(=O)N3CC=C(c4ccc(O)cc4)CC3)oc3ccccc23)n1. The third kappa shape index (κ3) is 4.18. The molecule has 1 aliphatic heterocycles. The summed E-state index contributed by atoms with van der Waals surface area (Å²) in [4.78, 5) is 19.8. The smallest absolute Gasteiger partial charge is 0.290 e. The number of aromatic hydroxyl groups is 1. The van der Waals surface area contributed by atoms with Crippen molar-refractivity contribution in [2.45, 2.75) is 23.4 Å². The van der Waals surface area contributed by atoms with Crippen LogP contribution in [0.15, 0.2) is 68.7 Å². The molecule has 162 valence electrons. The molecule has 0 atom stereocenters. The molecule has 0 saturated carbocycles. The lowest BCUT2D eigenvalue weighted by molar-refractivity contribution is 0.0742. The van der Waals surface area contributed by atoms with Gasteiger partial charge in [-0.05, 0) is 42.7 Å². The maximum absolute atomic E-state index is 13.4. The van der Waals surface area contributed by atoms with E-state index >= 15 is 0 Å². The molecule has 1 aliphatic rings. The Morgan fingerprint density at radius 3 is 2.75 bits per heavy atom. The number of nitrogens with zero attached hydrogens (tertiary/aromatic N) is 2. The topological polar surface area (TPSA) is 66.6 Å². The number of thioether (sulfide) groups is 1. The molecule has 5 rings (SSSR count). The Bertz CT molecular complexity index is 1300. The highest BCUT2D eigenvalue weighted by molar-refractivity contribution is 8.00. The largest absolute Gasteiger partial charge is 0.508 e. The van der Waals surface area contributed by atoms with Gasteiger partial charge in [-0.15, -0.1) is 11.3 Å². The summed E-state index contributed by atoms with van der Waals surface area (Å²) in [6, 6.07) is 15.0. The summed E-state index contributed by atoms with van der Waals surface area (Å²) >= 11 is 3.26. The minimum Gasteiger partial charge on any atom is -0.508 e. The zero-order chi connectivity index (χ0) is 22.1. The Morgan fingerprint density at radius 2 is 2.03 bits per heavy atom. The van der Waals surface area contributed by atoms with Crippen molar-refractivity contribution in [3.63, 3.8) is 0 Å². The molecule has 0 unspecified atom stereocenters. The zero-order valence-corrected chi connectivity index (χ0v) is 19.2. The van der Waals surface area contributed by atoms with Crippen LogP contribution in [0, 0.1) is 6.92 Å². The van der Waals surface area contributed by atoms with E-state index in [1.165, 1.54) is 5.57 Å². The highest BCUT2D eigenvalue weighted by Crippen LogP contribution is 2.34. The number of thiazole rings is 1. The van der Waals surface area contributed by atoms with E-state index in [0.717, 1.165) is 38.6 Å². The first-order valence-electron chi connectivity index (χ1n) is 10.4. The number of furan rings is 1. The molecule has 32 heavy (non-hydrogen) atoms. The average Bonchev–Trinajstić information content (AvgIpc) is 3.41. The molecular formula is C25H22N2O3S2. The van der Waals surface area contributed by atoms with Crippen molar-refractivity contribution in [2.75, 3.05) is 13.1 Å². The van der Waals surface area contributed by atoms with E-state index in [-0.39, 0.29) is 11.7 Å². The van der Waals surface area contributed by atoms with Crippen molar-refractivity contribution < 1.29 is 14.3 Å². The second-order valence-corrected chi connectivity index (χ2v) is 9.81. The highest BCUT2D eigenvalue weighted by Gasteiger charge is 2.26. The molecule has 0 saturated heterocycles. The minimum absolute atomic E-state index is 0.0758. The Kier molecular flexibility index (Phi) is 5.76. The number of hydrogen-bond acceptors (Lipinski definition) is 6. The number of rotatable bonds is 5. The van der Waals surface area contributed by atoms with Gasteiger partial charge in [0.1, 0.15) is 15.7 Å². The van der Waals surface area contributed by atoms with Gasteiger partial charge in [0.15, 0.2) is 5.76 Å². The van der Waals surface area contributed by atoms with E-state index in [1.54, 1.807) is 35.2 Å². The van der Waals surface area contributed by atoms with Crippen molar-refractivity contribution in [1.29, 1.82) is 0 Å². The van der Waals surface area contributed by atoms with Gasteiger partial charge in [0.05, 0.1) is 0 Å². The standard InChI is InChI=1S/C25H22N2O3S2/c1-16-14-31-25(26-16)32-15-21-20-4-2-3-5-22(20)30-23(21)24(29)27-12-10-18(11-13-27)17-6-8-19(28)9-7-17/h2-10,14,28H,11-13,15H2,1H3. The van der Waals surface area contributed by atoms with Crippen LogP contribution in [0.25, 0.3) is 16.5 Å². The van der Waals surface area contributed by atoms with Crippen LogP contribution in [-0.4, -0.2) is 34.0 Å². The van der Waals surface area contributed by atoms with E-state index in [1.807, 2.05) is 53.6 Å². The molecular weight excluding hydrogens is 440 g/mol. The number of para-hydroxylation sites is 1. The van der Waals surface area contributed by atoms with E-state index in [9.17, 15) is 9.90 Å². The quantitative estimate of drug-likeness (QED) is 0.362. The monoisotopic (exact) mass is 462 g/mol. The number of benzene rings is 2. The van der Waals surface area contributed by atoms with Gasteiger partial charge in [-0.3, -0.25) is 4.79 Å². The van der Waals surface area contributed by atoms with E-state index in [2.05, 4.69) is 11.1 Å². The summed E-state index contributed by atoms with van der Waals surface area (Å²) in [7, 11) is 0. The van der Waals surface area contributed by atoms with Crippen molar-refractivity contribution in [1.82, 2.24) is 9.88 Å². The maximum Gasteiger partial charge on any atom is 0.290 e. The van der Waals surface area contributed by atoms with Crippen LogP contribution in [0.2, 0.25) is 0 Å². The van der Waals surface area contributed by atoms with Gasteiger partial charge in [-0.2, -0.15) is 0 Å². The Hall–Kier alpha value is -3.03. The second kappa shape index (κ2) is 8.84. The fourth-order valence-corrected chi connectivity index (χ4v) is 5.76. The van der Waals surface area contributed by atoms with Crippen molar-refractivity contribution in [3.8, 4) is 5.75 Å². The predicted molar refractivity (Wildman–Crippen MR) is 129 cm³/mol. The number of carbonyl (C=O) groups is 1. The van der Waals surface area contributed by atoms with E-state index < -0.39 is 0 Å². The first kappa shape index (κ1) is 20.8. The molecule has 1 amide bonds. The average molecular weight is 463 g/mol. The van der Waals surface area contributed by atoms with Gasteiger partial charge in [-0.1, -0.05) is 48.2 Å². The summed E-state index contributed by atoms with van der Waals surface area (Å²) in [5.74, 6) is 1.24. The van der Waals surface area contributed by atoms with Crippen LogP contribution in [0.1, 0.15) is 33.8 Å². The molecule has 3 heterocycles. The summed E-state index contributed by atoms with van der Waals surface area (Å²) in [5, 5.41) is 12.5. The van der Waals surface area contributed by atoms with Crippen LogP contribution in [-0.2, 0) is 5.75 Å². The third-order valence-corrected chi connectivity index (χ3v) is 7.73. The number of aromatic nitrogens is 1. The predicted octanol–water partition coefficient (Wildman–Crippen LogP) is 6.13. The number of phenolic OH excluding ortho intramolecular Hbond substituents is 1. The van der Waals surface area contributed by atoms with Crippen LogP contribution in [0.3, 0.4) is 0 Å². The number of phenols is 1. The first-order valence-corrected chi connectivity index (χ1v) is 12.3. The number of carbonyl (C=O) groups excluding carboxylic acids is 1. The van der Waals surface area contributed by atoms with Crippen LogP contribution < -0.4 is 0 Å². The fraction of sp³-hybridized carbons (Fsp3) is 0.200. The van der Waals surface area contributed by atoms with Gasteiger partial charge < -0.3 is 14.4 Å². The summed E-state index contributed by atoms with van der Waals surface area (Å²) in [6.07, 6.45) is 2.85. The molecule has 0 bridgehead atoms. The first-order chi connectivity index (χ1) is 15.6. The van der Waals surface area contributed by atoms with Gasteiger partial charge >= 0.3 is 0 Å². The number of hydrogen-bond donors (Lipinski definition) is 1. The molecule has 0 radical (unpaired) electrons. The van der Waals surface area contributed by atoms with Crippen molar-refractivity contribution in [2.24, 2.45) is 0 Å². The van der Waals surface area contributed by atoms with E-state index in [4.69, 9.17) is 4.42 Å². The summed E-state index contributed by atoms with van der Waals surface area (Å²) in [5.41, 5.74) is 4.94. The number of aryl methyl sites for hydroxylation is 1. The minimum atomic E-state index is -0.0758. The molecule has 0 fully saturated rings. The van der Waals surface area contributed by atoms with Gasteiger partial charge in [0.2, 0.25) is 0 Å². The van der Waals surface area contributed by atoms with Gasteiger partial charge in [0, 0.05) is 40.9 Å². The Morgan fingerprint density at radius 1 is 1.22 bits per heavy atom. The Labute approximate surface area is 194 Å².